The fourth-order valence-electron chi connectivity index (χ4n) is 1.80. The number of hydrogen-bond acceptors (Lipinski definition) is 5. The van der Waals surface area contributed by atoms with Crippen LogP contribution in [0.2, 0.25) is 0 Å². The maximum atomic E-state index is 13.6. The molecule has 0 bridgehead atoms. The smallest absolute Gasteiger partial charge is 0.240 e. The van der Waals surface area contributed by atoms with E-state index in [1.54, 1.807) is 0 Å². The van der Waals surface area contributed by atoms with Crippen LogP contribution in [0, 0.1) is 19.7 Å². The molecule has 0 fully saturated rings. The molecule has 8 heteroatoms. The van der Waals surface area contributed by atoms with Gasteiger partial charge in [-0.05, 0) is 31.5 Å². The number of aryl methyl sites for hydroxylation is 2. The van der Waals surface area contributed by atoms with E-state index in [9.17, 15) is 12.8 Å². The second kappa shape index (κ2) is 6.18. The van der Waals surface area contributed by atoms with Crippen molar-refractivity contribution in [2.45, 2.75) is 31.9 Å². The van der Waals surface area contributed by atoms with E-state index in [1.807, 2.05) is 12.3 Å². The Bertz CT molecular complexity index is 757. The van der Waals surface area contributed by atoms with Crippen molar-refractivity contribution < 1.29 is 17.9 Å². The maximum absolute atomic E-state index is 13.6. The summed E-state index contributed by atoms with van der Waals surface area (Å²) in [6, 6.07) is 2.38. The molecular weight excluding hydrogens is 315 g/mol. The highest BCUT2D eigenvalue weighted by atomic mass is 32.2. The van der Waals surface area contributed by atoms with Crippen LogP contribution in [-0.2, 0) is 23.2 Å². The highest BCUT2D eigenvalue weighted by molar-refractivity contribution is 7.89. The van der Waals surface area contributed by atoms with Crippen LogP contribution in [0.5, 0.6) is 0 Å². The largest absolute Gasteiger partial charge is 0.392 e. The van der Waals surface area contributed by atoms with Gasteiger partial charge < -0.3 is 5.11 Å². The van der Waals surface area contributed by atoms with Crippen LogP contribution in [-0.4, -0.2) is 18.5 Å². The lowest BCUT2D eigenvalue weighted by Gasteiger charge is -2.09. The third kappa shape index (κ3) is 3.65. The molecule has 1 aromatic heterocycles. The van der Waals surface area contributed by atoms with Gasteiger partial charge in [-0.2, -0.15) is 0 Å². The Labute approximate surface area is 126 Å². The number of nitrogens with one attached hydrogen (secondary N) is 1. The summed E-state index contributed by atoms with van der Waals surface area (Å²) in [4.78, 5) is 4.09. The SMILES string of the molecule is Cc1csc(CNS(=O)(=O)c2cc(C)c(F)c(CO)c2)n1. The minimum Gasteiger partial charge on any atom is -0.392 e. The first-order valence-corrected chi connectivity index (χ1v) is 8.50. The Hall–Kier alpha value is -1.35. The van der Waals surface area contributed by atoms with Crippen LogP contribution < -0.4 is 4.72 Å². The molecule has 0 unspecified atom stereocenters. The summed E-state index contributed by atoms with van der Waals surface area (Å²) in [5, 5.41) is 11.6. The van der Waals surface area contributed by atoms with E-state index in [0.29, 0.717) is 5.01 Å². The number of sulfonamides is 1. The van der Waals surface area contributed by atoms with Gasteiger partial charge in [-0.25, -0.2) is 22.5 Å². The van der Waals surface area contributed by atoms with Crippen LogP contribution in [0.15, 0.2) is 22.4 Å². The van der Waals surface area contributed by atoms with E-state index in [4.69, 9.17) is 5.11 Å². The Morgan fingerprint density at radius 2 is 2.10 bits per heavy atom. The second-order valence-electron chi connectivity index (χ2n) is 4.58. The molecule has 5 nitrogen and oxygen atoms in total. The maximum Gasteiger partial charge on any atom is 0.240 e. The second-order valence-corrected chi connectivity index (χ2v) is 7.29. The van der Waals surface area contributed by atoms with Gasteiger partial charge >= 0.3 is 0 Å². The Morgan fingerprint density at radius 1 is 1.38 bits per heavy atom. The van der Waals surface area contributed by atoms with Gasteiger partial charge in [0.2, 0.25) is 10.0 Å². The first-order valence-electron chi connectivity index (χ1n) is 6.14. The van der Waals surface area contributed by atoms with E-state index < -0.39 is 22.4 Å². The molecule has 114 valence electrons. The van der Waals surface area contributed by atoms with Gasteiger partial charge in [0.15, 0.2) is 0 Å². The summed E-state index contributed by atoms with van der Waals surface area (Å²) in [6.07, 6.45) is 0. The minimum atomic E-state index is -3.78. The molecule has 0 atom stereocenters. The fourth-order valence-corrected chi connectivity index (χ4v) is 3.73. The molecule has 2 N–H and O–H groups in total. The van der Waals surface area contributed by atoms with Crippen molar-refractivity contribution in [1.29, 1.82) is 0 Å². The first-order chi connectivity index (χ1) is 9.83. The van der Waals surface area contributed by atoms with E-state index in [2.05, 4.69) is 9.71 Å². The topological polar surface area (TPSA) is 79.3 Å². The molecule has 0 aliphatic heterocycles. The minimum absolute atomic E-state index is 0.0412. The van der Waals surface area contributed by atoms with Gasteiger partial charge in [-0.1, -0.05) is 0 Å². The summed E-state index contributed by atoms with van der Waals surface area (Å²) in [5.41, 5.74) is 0.960. The molecule has 0 aliphatic rings. The van der Waals surface area contributed by atoms with Crippen molar-refractivity contribution >= 4 is 21.4 Å². The number of thiazole rings is 1. The lowest BCUT2D eigenvalue weighted by atomic mass is 10.1. The molecule has 21 heavy (non-hydrogen) atoms. The lowest BCUT2D eigenvalue weighted by molar-refractivity contribution is 0.275. The molecule has 0 saturated heterocycles. The first kappa shape index (κ1) is 16.0. The predicted molar refractivity (Wildman–Crippen MR) is 77.9 cm³/mol. The summed E-state index contributed by atoms with van der Waals surface area (Å²) in [5.74, 6) is -0.591. The Kier molecular flexibility index (Phi) is 4.72. The van der Waals surface area contributed by atoms with Gasteiger partial charge in [-0.3, -0.25) is 0 Å². The summed E-state index contributed by atoms with van der Waals surface area (Å²) >= 11 is 1.36. The van der Waals surface area contributed by atoms with Crippen molar-refractivity contribution in [3.63, 3.8) is 0 Å². The molecule has 1 heterocycles. The van der Waals surface area contributed by atoms with Gasteiger partial charge in [0, 0.05) is 16.6 Å². The van der Waals surface area contributed by atoms with E-state index >= 15 is 0 Å². The molecule has 0 radical (unpaired) electrons. The van der Waals surface area contributed by atoms with Crippen molar-refractivity contribution in [1.82, 2.24) is 9.71 Å². The highest BCUT2D eigenvalue weighted by Crippen LogP contribution is 2.20. The molecule has 1 aromatic carbocycles. The monoisotopic (exact) mass is 330 g/mol. The number of aliphatic hydroxyl groups is 1. The highest BCUT2D eigenvalue weighted by Gasteiger charge is 2.18. The van der Waals surface area contributed by atoms with Crippen molar-refractivity contribution in [3.8, 4) is 0 Å². The molecule has 2 aromatic rings. The molecule has 0 saturated carbocycles. The van der Waals surface area contributed by atoms with Gasteiger partial charge in [0.25, 0.3) is 0 Å². The molecule has 0 amide bonds. The van der Waals surface area contributed by atoms with Crippen LogP contribution in [0.4, 0.5) is 4.39 Å². The third-order valence-corrected chi connectivity index (χ3v) is 5.21. The molecule has 0 aliphatic carbocycles. The lowest BCUT2D eigenvalue weighted by Crippen LogP contribution is -2.23. The van der Waals surface area contributed by atoms with Gasteiger partial charge in [-0.15, -0.1) is 11.3 Å². The normalized spacial score (nSPS) is 11.8. The average Bonchev–Trinajstić information content (AvgIpc) is 2.85. The standard InChI is InChI=1S/C13H15FN2O3S2/c1-8-3-11(4-10(6-17)13(8)14)21(18,19)15-5-12-16-9(2)7-20-12/h3-4,7,15,17H,5-6H2,1-2H3. The van der Waals surface area contributed by atoms with E-state index in [0.717, 1.165) is 11.8 Å². The zero-order chi connectivity index (χ0) is 15.6. The summed E-state index contributed by atoms with van der Waals surface area (Å²) in [6.45, 7) is 2.80. The number of nitrogens with zero attached hydrogens (tertiary/aromatic N) is 1. The molecular formula is C13H15FN2O3S2. The number of benzene rings is 1. The zero-order valence-corrected chi connectivity index (χ0v) is 13.2. The van der Waals surface area contributed by atoms with Gasteiger partial charge in [0.1, 0.15) is 10.8 Å². The Morgan fingerprint density at radius 3 is 2.67 bits per heavy atom. The third-order valence-electron chi connectivity index (χ3n) is 2.86. The number of aliphatic hydroxyl groups excluding tert-OH is 1. The van der Waals surface area contributed by atoms with Crippen molar-refractivity contribution in [3.05, 3.63) is 45.2 Å². The quantitative estimate of drug-likeness (QED) is 0.877. The average molecular weight is 330 g/mol. The van der Waals surface area contributed by atoms with E-state index in [-0.39, 0.29) is 22.6 Å². The van der Waals surface area contributed by atoms with Crippen LogP contribution in [0.1, 0.15) is 21.8 Å². The van der Waals surface area contributed by atoms with Crippen LogP contribution in [0.3, 0.4) is 0 Å². The van der Waals surface area contributed by atoms with Crippen LogP contribution >= 0.6 is 11.3 Å². The summed E-state index contributed by atoms with van der Waals surface area (Å²) < 4.78 is 40.5. The Balaban J connectivity index is 2.25. The zero-order valence-electron chi connectivity index (χ0n) is 11.6. The van der Waals surface area contributed by atoms with Crippen LogP contribution in [0.25, 0.3) is 0 Å². The number of aromatic nitrogens is 1. The predicted octanol–water partition coefficient (Wildman–Crippen LogP) is 1.87. The number of hydrogen-bond donors (Lipinski definition) is 2. The van der Waals surface area contributed by atoms with Crippen molar-refractivity contribution in [2.75, 3.05) is 0 Å². The fraction of sp³-hybridized carbons (Fsp3) is 0.308. The molecule has 2 rings (SSSR count). The molecule has 0 spiro atoms. The number of halogens is 1. The summed E-state index contributed by atoms with van der Waals surface area (Å²) in [7, 11) is -3.78. The van der Waals surface area contributed by atoms with Crippen molar-refractivity contribution in [2.24, 2.45) is 0 Å². The van der Waals surface area contributed by atoms with E-state index in [1.165, 1.54) is 24.3 Å². The number of rotatable bonds is 5. The van der Waals surface area contributed by atoms with Gasteiger partial charge in [0.05, 0.1) is 18.0 Å².